The Labute approximate surface area is 157 Å². The van der Waals surface area contributed by atoms with Crippen LogP contribution in [-0.2, 0) is 4.79 Å². The van der Waals surface area contributed by atoms with Crippen molar-refractivity contribution in [1.29, 1.82) is 0 Å². The lowest BCUT2D eigenvalue weighted by Gasteiger charge is -2.29. The lowest BCUT2D eigenvalue weighted by Crippen LogP contribution is -3.14. The standard InChI is InChI=1S/C20H23N5O2/c1-27-17-8-6-15(7-9-17)21-20(26)14-24-12-10-16(11-13-24)25-19-5-3-2-4-18(19)22-23-25/h2-9,16H,10-14H2,1H3,(H,21,26)/p+1. The highest BCUT2D eigenvalue weighted by atomic mass is 16.5. The first-order valence-corrected chi connectivity index (χ1v) is 9.30. The first-order valence-electron chi connectivity index (χ1n) is 9.30. The van der Waals surface area contributed by atoms with Crippen molar-refractivity contribution in [3.8, 4) is 5.75 Å². The molecule has 0 unspecified atom stereocenters. The number of quaternary nitrogens is 1. The van der Waals surface area contributed by atoms with Crippen LogP contribution in [0.25, 0.3) is 11.0 Å². The number of para-hydroxylation sites is 1. The number of piperidine rings is 1. The molecule has 0 saturated carbocycles. The SMILES string of the molecule is COc1ccc(NC(=O)C[NH+]2CCC(n3nnc4ccccc43)CC2)cc1. The molecule has 7 nitrogen and oxygen atoms in total. The summed E-state index contributed by atoms with van der Waals surface area (Å²) in [6.45, 7) is 2.39. The molecule has 1 aliphatic rings. The highest BCUT2D eigenvalue weighted by Crippen LogP contribution is 2.21. The zero-order chi connectivity index (χ0) is 18.6. The predicted octanol–water partition coefficient (Wildman–Crippen LogP) is 1.30. The van der Waals surface area contributed by atoms with Crippen LogP contribution in [0.15, 0.2) is 48.5 Å². The number of fused-ring (bicyclic) bond motifs is 1. The largest absolute Gasteiger partial charge is 0.497 e. The second-order valence-electron chi connectivity index (χ2n) is 6.96. The molecule has 1 fully saturated rings. The topological polar surface area (TPSA) is 73.5 Å². The van der Waals surface area contributed by atoms with E-state index in [1.165, 1.54) is 4.90 Å². The molecule has 27 heavy (non-hydrogen) atoms. The van der Waals surface area contributed by atoms with Crippen molar-refractivity contribution in [3.05, 3.63) is 48.5 Å². The van der Waals surface area contributed by atoms with E-state index in [9.17, 15) is 4.79 Å². The van der Waals surface area contributed by atoms with Crippen molar-refractivity contribution >= 4 is 22.6 Å². The number of ether oxygens (including phenoxy) is 1. The summed E-state index contributed by atoms with van der Waals surface area (Å²) in [7, 11) is 1.63. The maximum absolute atomic E-state index is 12.3. The average Bonchev–Trinajstić information content (AvgIpc) is 3.13. The molecule has 0 aliphatic carbocycles. The van der Waals surface area contributed by atoms with Crippen LogP contribution in [0, 0.1) is 0 Å². The van der Waals surface area contributed by atoms with Crippen molar-refractivity contribution in [1.82, 2.24) is 15.0 Å². The number of nitrogens with zero attached hydrogens (tertiary/aromatic N) is 3. The number of carbonyl (C=O) groups is 1. The first kappa shape index (κ1) is 17.5. The number of benzene rings is 2. The summed E-state index contributed by atoms with van der Waals surface area (Å²) >= 11 is 0. The Morgan fingerprint density at radius 3 is 2.67 bits per heavy atom. The van der Waals surface area contributed by atoms with Gasteiger partial charge >= 0.3 is 0 Å². The van der Waals surface area contributed by atoms with Crippen molar-refractivity contribution in [3.63, 3.8) is 0 Å². The molecule has 0 atom stereocenters. The van der Waals surface area contributed by atoms with E-state index in [1.807, 2.05) is 47.1 Å². The predicted molar refractivity (Wildman–Crippen MR) is 103 cm³/mol. The van der Waals surface area contributed by atoms with Gasteiger partial charge in [0.25, 0.3) is 5.91 Å². The van der Waals surface area contributed by atoms with Gasteiger partial charge in [-0.25, -0.2) is 4.68 Å². The maximum atomic E-state index is 12.3. The molecule has 7 heteroatoms. The lowest BCUT2D eigenvalue weighted by atomic mass is 10.0. The molecule has 0 spiro atoms. The Bertz CT molecular complexity index is 914. The van der Waals surface area contributed by atoms with Crippen LogP contribution >= 0.6 is 0 Å². The summed E-state index contributed by atoms with van der Waals surface area (Å²) in [4.78, 5) is 13.6. The molecular weight excluding hydrogens is 342 g/mol. The van der Waals surface area contributed by atoms with Gasteiger partial charge in [0.1, 0.15) is 11.3 Å². The van der Waals surface area contributed by atoms with Gasteiger partial charge in [-0.1, -0.05) is 17.3 Å². The fraction of sp³-hybridized carbons (Fsp3) is 0.350. The second kappa shape index (κ2) is 7.75. The zero-order valence-electron chi connectivity index (χ0n) is 15.4. The number of hydrogen-bond acceptors (Lipinski definition) is 4. The molecule has 2 N–H and O–H groups in total. The number of aromatic nitrogens is 3. The Morgan fingerprint density at radius 1 is 1.19 bits per heavy atom. The first-order chi connectivity index (χ1) is 13.2. The van der Waals surface area contributed by atoms with E-state index in [-0.39, 0.29) is 5.91 Å². The monoisotopic (exact) mass is 366 g/mol. The summed E-state index contributed by atoms with van der Waals surface area (Å²) in [6.07, 6.45) is 2.00. The van der Waals surface area contributed by atoms with Gasteiger partial charge in [-0.2, -0.15) is 0 Å². The van der Waals surface area contributed by atoms with Crippen LogP contribution in [0.5, 0.6) is 5.75 Å². The third kappa shape index (κ3) is 3.93. The molecule has 1 aromatic heterocycles. The van der Waals surface area contributed by atoms with Gasteiger partial charge in [0, 0.05) is 18.5 Å². The maximum Gasteiger partial charge on any atom is 0.279 e. The highest BCUT2D eigenvalue weighted by Gasteiger charge is 2.26. The fourth-order valence-electron chi connectivity index (χ4n) is 3.70. The zero-order valence-corrected chi connectivity index (χ0v) is 15.4. The van der Waals surface area contributed by atoms with Gasteiger partial charge in [-0.15, -0.1) is 5.10 Å². The summed E-state index contributed by atoms with van der Waals surface area (Å²) in [5, 5.41) is 11.6. The van der Waals surface area contributed by atoms with Gasteiger partial charge in [0.2, 0.25) is 0 Å². The van der Waals surface area contributed by atoms with Crippen LogP contribution in [0.4, 0.5) is 5.69 Å². The highest BCUT2D eigenvalue weighted by molar-refractivity contribution is 5.91. The molecule has 0 radical (unpaired) electrons. The van der Waals surface area contributed by atoms with E-state index in [4.69, 9.17) is 4.74 Å². The minimum absolute atomic E-state index is 0.0415. The quantitative estimate of drug-likeness (QED) is 0.714. The van der Waals surface area contributed by atoms with E-state index >= 15 is 0 Å². The molecule has 1 aliphatic heterocycles. The molecule has 140 valence electrons. The fourth-order valence-corrected chi connectivity index (χ4v) is 3.70. The van der Waals surface area contributed by atoms with E-state index in [1.54, 1.807) is 7.11 Å². The van der Waals surface area contributed by atoms with Crippen molar-refractivity contribution in [2.75, 3.05) is 32.1 Å². The number of rotatable bonds is 5. The number of likely N-dealkylation sites (tertiary alicyclic amines) is 1. The van der Waals surface area contributed by atoms with Gasteiger partial charge < -0.3 is 15.0 Å². The van der Waals surface area contributed by atoms with Crippen molar-refractivity contribution < 1.29 is 14.4 Å². The van der Waals surface area contributed by atoms with Crippen LogP contribution in [-0.4, -0.2) is 47.6 Å². The number of hydrogen-bond donors (Lipinski definition) is 2. The third-order valence-electron chi connectivity index (χ3n) is 5.17. The number of anilines is 1. The minimum Gasteiger partial charge on any atom is -0.497 e. The number of nitrogens with one attached hydrogen (secondary N) is 2. The van der Waals surface area contributed by atoms with Gasteiger partial charge in [0.15, 0.2) is 6.54 Å². The van der Waals surface area contributed by atoms with E-state index in [0.717, 1.165) is 48.4 Å². The molecule has 2 heterocycles. The molecular formula is C20H24N5O2+. The lowest BCUT2D eigenvalue weighted by molar-refractivity contribution is -0.897. The molecule has 1 amide bonds. The second-order valence-corrected chi connectivity index (χ2v) is 6.96. The minimum atomic E-state index is 0.0415. The van der Waals surface area contributed by atoms with Gasteiger partial charge in [-0.3, -0.25) is 4.79 Å². The van der Waals surface area contributed by atoms with Crippen LogP contribution in [0.2, 0.25) is 0 Å². The Morgan fingerprint density at radius 2 is 1.93 bits per heavy atom. The summed E-state index contributed by atoms with van der Waals surface area (Å²) in [5.74, 6) is 0.821. The smallest absolute Gasteiger partial charge is 0.279 e. The number of carbonyl (C=O) groups excluding carboxylic acids is 1. The third-order valence-corrected chi connectivity index (χ3v) is 5.17. The molecule has 2 aromatic carbocycles. The Hall–Kier alpha value is -2.93. The van der Waals surface area contributed by atoms with Crippen molar-refractivity contribution in [2.24, 2.45) is 0 Å². The van der Waals surface area contributed by atoms with Gasteiger partial charge in [0.05, 0.1) is 31.8 Å². The number of amides is 1. The molecule has 4 rings (SSSR count). The summed E-state index contributed by atoms with van der Waals surface area (Å²) < 4.78 is 7.18. The Kier molecular flexibility index (Phi) is 5.02. The number of methoxy groups -OCH3 is 1. The van der Waals surface area contributed by atoms with Crippen molar-refractivity contribution in [2.45, 2.75) is 18.9 Å². The summed E-state index contributed by atoms with van der Waals surface area (Å²) in [5.41, 5.74) is 2.82. The molecule has 1 saturated heterocycles. The van der Waals surface area contributed by atoms with E-state index in [2.05, 4.69) is 21.7 Å². The summed E-state index contributed by atoms with van der Waals surface area (Å²) in [6, 6.07) is 15.8. The Balaban J connectivity index is 1.30. The van der Waals surface area contributed by atoms with Gasteiger partial charge in [-0.05, 0) is 36.4 Å². The molecule has 0 bridgehead atoms. The van der Waals surface area contributed by atoms with Crippen LogP contribution in [0.1, 0.15) is 18.9 Å². The van der Waals surface area contributed by atoms with Crippen LogP contribution < -0.4 is 15.0 Å². The van der Waals surface area contributed by atoms with Crippen LogP contribution in [0.3, 0.4) is 0 Å². The molecule has 3 aromatic rings. The van der Waals surface area contributed by atoms with E-state index in [0.29, 0.717) is 12.6 Å². The normalized spacial score (nSPS) is 19.7. The van der Waals surface area contributed by atoms with E-state index < -0.39 is 0 Å². The average molecular weight is 366 g/mol.